The Kier molecular flexibility index (Phi) is 8.12. The number of rotatable bonds is 10. The molecule has 0 unspecified atom stereocenters. The lowest BCUT2D eigenvalue weighted by atomic mass is 10.1. The number of para-hydroxylation sites is 1. The molecule has 1 heterocycles. The molecule has 0 aliphatic heterocycles. The van der Waals surface area contributed by atoms with Crippen molar-refractivity contribution in [2.24, 2.45) is 0 Å². The van der Waals surface area contributed by atoms with Crippen LogP contribution in [0.1, 0.15) is 15.9 Å². The topological polar surface area (TPSA) is 78.3 Å². The van der Waals surface area contributed by atoms with E-state index in [9.17, 15) is 9.18 Å². The number of methoxy groups -OCH3 is 2. The first-order chi connectivity index (χ1) is 17.1. The predicted molar refractivity (Wildman–Crippen MR) is 134 cm³/mol. The summed E-state index contributed by atoms with van der Waals surface area (Å²) < 4.78 is 26.9. The first-order valence-electron chi connectivity index (χ1n) is 10.9. The van der Waals surface area contributed by atoms with Crippen molar-refractivity contribution in [1.29, 1.82) is 0 Å². The van der Waals surface area contributed by atoms with Gasteiger partial charge in [0.2, 0.25) is 0 Å². The summed E-state index contributed by atoms with van der Waals surface area (Å²) in [4.78, 5) is 12.4. The van der Waals surface area contributed by atoms with E-state index < -0.39 is 0 Å². The lowest BCUT2D eigenvalue weighted by molar-refractivity contribution is 0.0937. The molecule has 1 aromatic heterocycles. The van der Waals surface area contributed by atoms with Gasteiger partial charge in [-0.05, 0) is 42.0 Å². The van der Waals surface area contributed by atoms with Gasteiger partial charge in [-0.1, -0.05) is 48.2 Å². The Balaban J connectivity index is 1.62. The predicted octanol–water partition coefficient (Wildman–Crippen LogP) is 4.75. The van der Waals surface area contributed by atoms with E-state index in [-0.39, 0.29) is 11.7 Å². The maximum absolute atomic E-state index is 14.8. The molecule has 0 saturated carbocycles. The molecular formula is C26H25FN4O3S. The van der Waals surface area contributed by atoms with Crippen molar-refractivity contribution in [3.63, 3.8) is 0 Å². The van der Waals surface area contributed by atoms with Crippen LogP contribution in [0.2, 0.25) is 0 Å². The third-order valence-electron chi connectivity index (χ3n) is 5.20. The van der Waals surface area contributed by atoms with Gasteiger partial charge in [0.15, 0.2) is 11.0 Å². The highest BCUT2D eigenvalue weighted by Crippen LogP contribution is 2.32. The largest absolute Gasteiger partial charge is 0.497 e. The van der Waals surface area contributed by atoms with Gasteiger partial charge < -0.3 is 14.8 Å². The van der Waals surface area contributed by atoms with Gasteiger partial charge in [-0.2, -0.15) is 0 Å². The normalized spacial score (nSPS) is 10.8. The van der Waals surface area contributed by atoms with Crippen LogP contribution in [0, 0.1) is 5.82 Å². The molecule has 0 aliphatic carbocycles. The van der Waals surface area contributed by atoms with Crippen LogP contribution in [0.4, 0.5) is 4.39 Å². The zero-order chi connectivity index (χ0) is 24.6. The Morgan fingerprint density at radius 2 is 1.86 bits per heavy atom. The molecule has 0 fully saturated rings. The maximum atomic E-state index is 14.8. The Bertz CT molecular complexity index is 1310. The molecule has 4 rings (SSSR count). The number of amides is 1. The number of carbonyl (C=O) groups is 1. The fourth-order valence-corrected chi connectivity index (χ4v) is 4.37. The van der Waals surface area contributed by atoms with E-state index in [2.05, 4.69) is 15.5 Å². The Labute approximate surface area is 207 Å². The molecule has 0 radical (unpaired) electrons. The second-order valence-corrected chi connectivity index (χ2v) is 8.51. The van der Waals surface area contributed by atoms with E-state index in [1.807, 2.05) is 42.5 Å². The van der Waals surface area contributed by atoms with Crippen LogP contribution in [-0.4, -0.2) is 48.0 Å². The van der Waals surface area contributed by atoms with Crippen molar-refractivity contribution in [2.75, 3.05) is 27.4 Å². The number of aromatic nitrogens is 3. The van der Waals surface area contributed by atoms with Crippen molar-refractivity contribution < 1.29 is 18.7 Å². The van der Waals surface area contributed by atoms with Gasteiger partial charge in [0, 0.05) is 30.5 Å². The molecular weight excluding hydrogens is 467 g/mol. The van der Waals surface area contributed by atoms with Crippen LogP contribution < -0.4 is 10.1 Å². The van der Waals surface area contributed by atoms with Crippen molar-refractivity contribution >= 4 is 17.7 Å². The molecule has 1 amide bonds. The van der Waals surface area contributed by atoms with Crippen molar-refractivity contribution in [3.05, 3.63) is 89.7 Å². The zero-order valence-electron chi connectivity index (χ0n) is 19.4. The van der Waals surface area contributed by atoms with Gasteiger partial charge >= 0.3 is 0 Å². The van der Waals surface area contributed by atoms with E-state index in [4.69, 9.17) is 9.47 Å². The van der Waals surface area contributed by atoms with Gasteiger partial charge in [-0.25, -0.2) is 4.39 Å². The minimum atomic E-state index is -0.381. The maximum Gasteiger partial charge on any atom is 0.251 e. The summed E-state index contributed by atoms with van der Waals surface area (Å²) in [6.45, 7) is 0.885. The smallest absolute Gasteiger partial charge is 0.251 e. The van der Waals surface area contributed by atoms with Gasteiger partial charge in [-0.15, -0.1) is 10.2 Å². The Morgan fingerprint density at radius 3 is 2.66 bits per heavy atom. The van der Waals surface area contributed by atoms with Crippen LogP contribution in [0.15, 0.2) is 78.0 Å². The van der Waals surface area contributed by atoms with E-state index in [0.717, 1.165) is 11.1 Å². The average Bonchev–Trinajstić information content (AvgIpc) is 3.31. The summed E-state index contributed by atoms with van der Waals surface area (Å²) in [5.74, 6) is 1.14. The summed E-state index contributed by atoms with van der Waals surface area (Å²) in [7, 11) is 3.18. The summed E-state index contributed by atoms with van der Waals surface area (Å²) in [5, 5.41) is 12.1. The zero-order valence-corrected chi connectivity index (χ0v) is 20.2. The number of nitrogens with zero attached hydrogens (tertiary/aromatic N) is 3. The van der Waals surface area contributed by atoms with Crippen LogP contribution in [0.3, 0.4) is 0 Å². The van der Waals surface area contributed by atoms with Crippen LogP contribution >= 0.6 is 11.8 Å². The van der Waals surface area contributed by atoms with Gasteiger partial charge in [0.05, 0.1) is 19.4 Å². The lowest BCUT2D eigenvalue weighted by Crippen LogP contribution is -2.26. The van der Waals surface area contributed by atoms with Gasteiger partial charge in [-0.3, -0.25) is 9.36 Å². The highest BCUT2D eigenvalue weighted by atomic mass is 32.2. The highest BCUT2D eigenvalue weighted by molar-refractivity contribution is 7.98. The van der Waals surface area contributed by atoms with Crippen LogP contribution in [0.25, 0.3) is 17.1 Å². The third kappa shape index (κ3) is 5.87. The molecule has 1 N–H and O–H groups in total. The molecule has 35 heavy (non-hydrogen) atoms. The molecule has 0 bridgehead atoms. The molecule has 0 saturated heterocycles. The lowest BCUT2D eigenvalue weighted by Gasteiger charge is -2.12. The van der Waals surface area contributed by atoms with E-state index in [1.165, 1.54) is 17.8 Å². The number of benzene rings is 3. The molecule has 7 nitrogen and oxygen atoms in total. The summed E-state index contributed by atoms with van der Waals surface area (Å²) in [6.07, 6.45) is 0. The number of hydrogen-bond acceptors (Lipinski definition) is 6. The van der Waals surface area contributed by atoms with Crippen molar-refractivity contribution in [1.82, 2.24) is 20.1 Å². The number of hydrogen-bond donors (Lipinski definition) is 1. The number of thioether (sulfide) groups is 1. The van der Waals surface area contributed by atoms with Crippen molar-refractivity contribution in [2.45, 2.75) is 10.9 Å². The van der Waals surface area contributed by atoms with E-state index in [1.54, 1.807) is 43.1 Å². The summed E-state index contributed by atoms with van der Waals surface area (Å²) >= 11 is 1.41. The van der Waals surface area contributed by atoms with Crippen molar-refractivity contribution in [3.8, 4) is 22.8 Å². The summed E-state index contributed by atoms with van der Waals surface area (Å²) in [5.41, 5.74) is 2.60. The fourth-order valence-electron chi connectivity index (χ4n) is 3.48. The first-order valence-corrected chi connectivity index (χ1v) is 11.9. The minimum Gasteiger partial charge on any atom is -0.497 e. The van der Waals surface area contributed by atoms with Gasteiger partial charge in [0.25, 0.3) is 5.91 Å². The Hall–Kier alpha value is -3.69. The van der Waals surface area contributed by atoms with E-state index >= 15 is 0 Å². The highest BCUT2D eigenvalue weighted by Gasteiger charge is 2.19. The second-order valence-electron chi connectivity index (χ2n) is 7.56. The number of carbonyl (C=O) groups excluding carboxylic acids is 1. The molecule has 9 heteroatoms. The molecule has 0 spiro atoms. The van der Waals surface area contributed by atoms with Crippen LogP contribution in [-0.2, 0) is 10.5 Å². The fraction of sp³-hybridized carbons (Fsp3) is 0.192. The Morgan fingerprint density at radius 1 is 1.03 bits per heavy atom. The van der Waals surface area contributed by atoms with Gasteiger partial charge in [0.1, 0.15) is 11.6 Å². The average molecular weight is 493 g/mol. The minimum absolute atomic E-state index is 0.163. The van der Waals surface area contributed by atoms with E-state index in [0.29, 0.717) is 46.9 Å². The quantitative estimate of drug-likeness (QED) is 0.254. The molecule has 3 aromatic carbocycles. The molecule has 180 valence electrons. The second kappa shape index (κ2) is 11.6. The molecule has 4 aromatic rings. The number of ether oxygens (including phenoxy) is 2. The van der Waals surface area contributed by atoms with Crippen LogP contribution in [0.5, 0.6) is 5.75 Å². The SMILES string of the molecule is COCCNC(=O)c1cccc(CSc2nnc(-c3cccc(OC)c3)n2-c2ccccc2F)c1. The third-order valence-corrected chi connectivity index (χ3v) is 6.20. The standard InChI is InChI=1S/C26H25FN4O3S/c1-33-14-13-28-25(32)20-9-5-7-18(15-20)17-35-26-30-29-24(19-8-6-10-21(16-19)34-2)31(26)23-12-4-3-11-22(23)27/h3-12,15-16H,13-14,17H2,1-2H3,(H,28,32). The summed E-state index contributed by atoms with van der Waals surface area (Å²) in [6, 6.07) is 21.3. The number of halogens is 1. The first kappa shape index (κ1) is 24.4. The monoisotopic (exact) mass is 492 g/mol. The molecule has 0 atom stereocenters. The molecule has 0 aliphatic rings. The number of nitrogens with one attached hydrogen (secondary N) is 1.